The number of Topliss-reactive ketones (excluding diaryl/α,β-unsaturated/α-hetero) is 1. The molecule has 0 unspecified atom stereocenters. The van der Waals surface area contributed by atoms with Crippen LogP contribution in [0.3, 0.4) is 0 Å². The number of benzene rings is 1. The second-order valence-electron chi connectivity index (χ2n) is 4.11. The molecule has 0 fully saturated rings. The Hall–Kier alpha value is -1.57. The lowest BCUT2D eigenvalue weighted by atomic mass is 10.0. The lowest BCUT2D eigenvalue weighted by molar-refractivity contribution is 0.0989. The fourth-order valence-corrected chi connectivity index (χ4v) is 2.18. The van der Waals surface area contributed by atoms with Crippen molar-refractivity contribution in [2.24, 2.45) is 0 Å². The fourth-order valence-electron chi connectivity index (χ4n) is 2.18. The molecule has 84 valence electrons. The lowest BCUT2D eigenvalue weighted by Gasteiger charge is -1.99. The van der Waals surface area contributed by atoms with E-state index in [9.17, 15) is 4.79 Å². The molecule has 2 rings (SSSR count). The first-order valence-corrected chi connectivity index (χ1v) is 5.82. The van der Waals surface area contributed by atoms with E-state index in [0.29, 0.717) is 6.42 Å². The normalized spacial score (nSPS) is 10.9. The zero-order valence-electron chi connectivity index (χ0n) is 10.1. The highest BCUT2D eigenvalue weighted by atomic mass is 16.1. The Balaban J connectivity index is 2.78. The summed E-state index contributed by atoms with van der Waals surface area (Å²) in [5.74, 6) is 0.230. The number of rotatable bonds is 3. The van der Waals surface area contributed by atoms with E-state index in [1.165, 1.54) is 5.56 Å². The van der Waals surface area contributed by atoms with Crippen molar-refractivity contribution in [3.63, 3.8) is 0 Å². The van der Waals surface area contributed by atoms with Gasteiger partial charge in [0.05, 0.1) is 0 Å². The zero-order chi connectivity index (χ0) is 11.7. The molecule has 1 aromatic heterocycles. The quantitative estimate of drug-likeness (QED) is 0.779. The number of carbonyl (C=O) groups is 1. The minimum Gasteiger partial charge on any atom is -0.358 e. The number of aromatic nitrogens is 1. The molecule has 0 spiro atoms. The molecule has 0 aliphatic carbocycles. The van der Waals surface area contributed by atoms with Crippen molar-refractivity contribution in [1.29, 1.82) is 0 Å². The average molecular weight is 215 g/mol. The monoisotopic (exact) mass is 215 g/mol. The number of ketones is 1. The number of carbonyl (C=O) groups excluding carboxylic acids is 1. The van der Waals surface area contributed by atoms with Gasteiger partial charge in [-0.1, -0.05) is 32.0 Å². The predicted octanol–water partition coefficient (Wildman–Crippen LogP) is 3.63. The van der Waals surface area contributed by atoms with E-state index < -0.39 is 0 Å². The van der Waals surface area contributed by atoms with Gasteiger partial charge in [0.2, 0.25) is 0 Å². The minimum atomic E-state index is 0.230. The molecular formula is C14H17NO. The third-order valence-corrected chi connectivity index (χ3v) is 3.07. The number of aromatic amines is 1. The molecule has 1 N–H and O–H groups in total. The number of fused-ring (bicyclic) bond motifs is 1. The van der Waals surface area contributed by atoms with Gasteiger partial charge in [0.25, 0.3) is 0 Å². The summed E-state index contributed by atoms with van der Waals surface area (Å²) in [5.41, 5.74) is 4.26. The summed E-state index contributed by atoms with van der Waals surface area (Å²) in [7, 11) is 0. The van der Waals surface area contributed by atoms with Gasteiger partial charge >= 0.3 is 0 Å². The van der Waals surface area contributed by atoms with Crippen molar-refractivity contribution in [2.45, 2.75) is 33.6 Å². The molecule has 1 aromatic carbocycles. The third-order valence-electron chi connectivity index (χ3n) is 3.07. The van der Waals surface area contributed by atoms with Crippen molar-refractivity contribution in [1.82, 2.24) is 4.98 Å². The van der Waals surface area contributed by atoms with E-state index in [0.717, 1.165) is 28.6 Å². The Morgan fingerprint density at radius 1 is 1.31 bits per heavy atom. The molecule has 16 heavy (non-hydrogen) atoms. The van der Waals surface area contributed by atoms with Crippen LogP contribution in [0.1, 0.15) is 41.9 Å². The summed E-state index contributed by atoms with van der Waals surface area (Å²) in [6, 6.07) is 6.11. The molecule has 0 aliphatic rings. The Labute approximate surface area is 95.7 Å². The largest absolute Gasteiger partial charge is 0.358 e. The van der Waals surface area contributed by atoms with Crippen molar-refractivity contribution in [3.05, 3.63) is 35.0 Å². The first-order chi connectivity index (χ1) is 7.69. The van der Waals surface area contributed by atoms with Crippen LogP contribution in [0.15, 0.2) is 18.2 Å². The molecule has 2 nitrogen and oxygen atoms in total. The van der Waals surface area contributed by atoms with E-state index >= 15 is 0 Å². The van der Waals surface area contributed by atoms with Crippen molar-refractivity contribution in [2.75, 3.05) is 0 Å². The summed E-state index contributed by atoms with van der Waals surface area (Å²) < 4.78 is 0. The maximum absolute atomic E-state index is 12.0. The highest BCUT2D eigenvalue weighted by molar-refractivity contribution is 6.09. The molecule has 0 amide bonds. The molecule has 0 saturated carbocycles. The van der Waals surface area contributed by atoms with Gasteiger partial charge in [-0.05, 0) is 18.9 Å². The van der Waals surface area contributed by atoms with E-state index in [2.05, 4.69) is 24.9 Å². The van der Waals surface area contributed by atoms with Gasteiger partial charge in [-0.25, -0.2) is 0 Å². The Kier molecular flexibility index (Phi) is 2.82. The standard InChI is InChI=1S/C14H17NO/c1-4-11-13(12(16)5-2)10-8-6-7-9(3)14(10)15-11/h6-8,15H,4-5H2,1-3H3. The van der Waals surface area contributed by atoms with Gasteiger partial charge < -0.3 is 4.98 Å². The Morgan fingerprint density at radius 3 is 2.69 bits per heavy atom. The average Bonchev–Trinajstić information content (AvgIpc) is 2.68. The van der Waals surface area contributed by atoms with Gasteiger partial charge in [0, 0.05) is 28.6 Å². The number of aryl methyl sites for hydroxylation is 2. The number of hydrogen-bond donors (Lipinski definition) is 1. The van der Waals surface area contributed by atoms with Crippen LogP contribution in [-0.4, -0.2) is 10.8 Å². The predicted molar refractivity (Wildman–Crippen MR) is 67.0 cm³/mol. The molecule has 0 radical (unpaired) electrons. The minimum absolute atomic E-state index is 0.230. The lowest BCUT2D eigenvalue weighted by Crippen LogP contribution is -1.99. The van der Waals surface area contributed by atoms with Gasteiger partial charge in [-0.15, -0.1) is 0 Å². The highest BCUT2D eigenvalue weighted by Crippen LogP contribution is 2.26. The molecule has 0 bridgehead atoms. The van der Waals surface area contributed by atoms with Gasteiger partial charge in [0.15, 0.2) is 5.78 Å². The molecule has 0 atom stereocenters. The second kappa shape index (κ2) is 4.12. The van der Waals surface area contributed by atoms with Crippen molar-refractivity contribution in [3.8, 4) is 0 Å². The highest BCUT2D eigenvalue weighted by Gasteiger charge is 2.16. The number of hydrogen-bond acceptors (Lipinski definition) is 1. The summed E-state index contributed by atoms with van der Waals surface area (Å²) >= 11 is 0. The fraction of sp³-hybridized carbons (Fsp3) is 0.357. The van der Waals surface area contributed by atoms with E-state index in [-0.39, 0.29) is 5.78 Å². The molecular weight excluding hydrogens is 198 g/mol. The summed E-state index contributed by atoms with van der Waals surface area (Å²) in [5, 5.41) is 1.07. The third kappa shape index (κ3) is 1.54. The van der Waals surface area contributed by atoms with Gasteiger partial charge in [-0.2, -0.15) is 0 Å². The van der Waals surface area contributed by atoms with Gasteiger partial charge in [0.1, 0.15) is 0 Å². The summed E-state index contributed by atoms with van der Waals surface area (Å²) in [6.07, 6.45) is 1.43. The maximum atomic E-state index is 12.0. The van der Waals surface area contributed by atoms with Crippen LogP contribution in [0.25, 0.3) is 10.9 Å². The van der Waals surface area contributed by atoms with Crippen LogP contribution in [-0.2, 0) is 6.42 Å². The summed E-state index contributed by atoms with van der Waals surface area (Å²) in [6.45, 7) is 6.06. The van der Waals surface area contributed by atoms with E-state index in [1.54, 1.807) is 0 Å². The molecule has 2 aromatic rings. The number of nitrogens with one attached hydrogen (secondary N) is 1. The van der Waals surface area contributed by atoms with Crippen LogP contribution in [0, 0.1) is 6.92 Å². The van der Waals surface area contributed by atoms with Crippen LogP contribution in [0.2, 0.25) is 0 Å². The number of para-hydroxylation sites is 1. The maximum Gasteiger partial charge on any atom is 0.165 e. The zero-order valence-corrected chi connectivity index (χ0v) is 10.1. The SMILES string of the molecule is CCC(=O)c1c(CC)[nH]c2c(C)cccc12. The van der Waals surface area contributed by atoms with Crippen LogP contribution < -0.4 is 0 Å². The van der Waals surface area contributed by atoms with E-state index in [1.807, 2.05) is 19.1 Å². The smallest absolute Gasteiger partial charge is 0.165 e. The Morgan fingerprint density at radius 2 is 2.06 bits per heavy atom. The van der Waals surface area contributed by atoms with E-state index in [4.69, 9.17) is 0 Å². The van der Waals surface area contributed by atoms with Crippen molar-refractivity contribution >= 4 is 16.7 Å². The van der Waals surface area contributed by atoms with Crippen molar-refractivity contribution < 1.29 is 4.79 Å². The Bertz CT molecular complexity index is 537. The van der Waals surface area contributed by atoms with Crippen LogP contribution in [0.5, 0.6) is 0 Å². The second-order valence-corrected chi connectivity index (χ2v) is 4.11. The molecule has 1 heterocycles. The first-order valence-electron chi connectivity index (χ1n) is 5.82. The number of H-pyrrole nitrogens is 1. The first kappa shape index (κ1) is 10.9. The van der Waals surface area contributed by atoms with Crippen LogP contribution >= 0.6 is 0 Å². The molecule has 2 heteroatoms. The summed E-state index contributed by atoms with van der Waals surface area (Å²) in [4.78, 5) is 15.3. The van der Waals surface area contributed by atoms with Crippen LogP contribution in [0.4, 0.5) is 0 Å². The molecule has 0 aliphatic heterocycles. The molecule has 0 saturated heterocycles. The topological polar surface area (TPSA) is 32.9 Å². The van der Waals surface area contributed by atoms with Gasteiger partial charge in [-0.3, -0.25) is 4.79 Å².